The molecule has 20 heavy (non-hydrogen) atoms. The number of carbonyl (C=O) groups excluding carboxylic acids is 2. The van der Waals surface area contributed by atoms with Crippen LogP contribution in [0.5, 0.6) is 5.75 Å². The van der Waals surface area contributed by atoms with Crippen LogP contribution in [0.15, 0.2) is 24.3 Å². The van der Waals surface area contributed by atoms with Crippen LogP contribution in [0.2, 0.25) is 0 Å². The lowest BCUT2D eigenvalue weighted by atomic mass is 10.0. The number of benzene rings is 1. The quantitative estimate of drug-likeness (QED) is 0.902. The zero-order valence-corrected chi connectivity index (χ0v) is 11.5. The zero-order chi connectivity index (χ0) is 14.1. The number of amides is 2. The molecule has 2 heterocycles. The van der Waals surface area contributed by atoms with Gasteiger partial charge >= 0.3 is 0 Å². The Labute approximate surface area is 117 Å². The number of para-hydroxylation sites is 1. The molecule has 106 valence electrons. The van der Waals surface area contributed by atoms with Gasteiger partial charge in [0.15, 0.2) is 0 Å². The van der Waals surface area contributed by atoms with Crippen LogP contribution in [0.1, 0.15) is 31.4 Å². The van der Waals surface area contributed by atoms with Crippen molar-refractivity contribution in [2.45, 2.75) is 31.8 Å². The average molecular weight is 274 g/mol. The van der Waals surface area contributed by atoms with E-state index in [1.165, 1.54) is 0 Å². The lowest BCUT2D eigenvalue weighted by molar-refractivity contribution is -0.147. The minimum atomic E-state index is -0.394. The van der Waals surface area contributed by atoms with Crippen molar-refractivity contribution < 1.29 is 14.3 Å². The van der Waals surface area contributed by atoms with Crippen LogP contribution in [0.3, 0.4) is 0 Å². The summed E-state index contributed by atoms with van der Waals surface area (Å²) < 4.78 is 5.62. The lowest BCUT2D eigenvalue weighted by Gasteiger charge is -2.35. The summed E-state index contributed by atoms with van der Waals surface area (Å²) in [6, 6.07) is 7.15. The van der Waals surface area contributed by atoms with Gasteiger partial charge in [-0.2, -0.15) is 0 Å². The summed E-state index contributed by atoms with van der Waals surface area (Å²) in [7, 11) is 0. The van der Waals surface area contributed by atoms with Gasteiger partial charge in [-0.3, -0.25) is 9.59 Å². The summed E-state index contributed by atoms with van der Waals surface area (Å²) >= 11 is 0. The first-order chi connectivity index (χ1) is 9.70. The van der Waals surface area contributed by atoms with Gasteiger partial charge in [-0.15, -0.1) is 0 Å². The number of ether oxygens (including phenoxy) is 1. The number of hydrogen-bond acceptors (Lipinski definition) is 3. The summed E-state index contributed by atoms with van der Waals surface area (Å²) in [4.78, 5) is 26.0. The molecule has 0 spiro atoms. The maximum Gasteiger partial charge on any atom is 0.246 e. The van der Waals surface area contributed by atoms with E-state index in [4.69, 9.17) is 4.74 Å². The van der Waals surface area contributed by atoms with Gasteiger partial charge in [0.1, 0.15) is 24.9 Å². The van der Waals surface area contributed by atoms with E-state index in [9.17, 15) is 9.59 Å². The second-order valence-corrected chi connectivity index (χ2v) is 5.24. The Kier molecular flexibility index (Phi) is 3.34. The van der Waals surface area contributed by atoms with Gasteiger partial charge in [-0.1, -0.05) is 31.5 Å². The second-order valence-electron chi connectivity index (χ2n) is 5.24. The van der Waals surface area contributed by atoms with E-state index in [-0.39, 0.29) is 24.4 Å². The Bertz CT molecular complexity index is 544. The van der Waals surface area contributed by atoms with E-state index < -0.39 is 6.04 Å². The maximum absolute atomic E-state index is 12.5. The number of fused-ring (bicyclic) bond motifs is 1. The van der Waals surface area contributed by atoms with E-state index in [0.29, 0.717) is 13.0 Å². The minimum Gasteiger partial charge on any atom is -0.491 e. The van der Waals surface area contributed by atoms with Crippen LogP contribution in [-0.2, 0) is 9.59 Å². The molecule has 0 aliphatic carbocycles. The molecular weight excluding hydrogens is 256 g/mol. The monoisotopic (exact) mass is 274 g/mol. The first-order valence-electron chi connectivity index (χ1n) is 7.02. The largest absolute Gasteiger partial charge is 0.491 e. The van der Waals surface area contributed by atoms with Crippen molar-refractivity contribution in [1.29, 1.82) is 0 Å². The van der Waals surface area contributed by atoms with Crippen LogP contribution >= 0.6 is 0 Å². The molecular formula is C15H18N2O3. The SMILES string of the molecule is CCCC1NC(=O)CN(C2COc3ccccc32)C1=O. The Balaban J connectivity index is 1.86. The minimum absolute atomic E-state index is 0.00301. The molecule has 1 fully saturated rings. The first kappa shape index (κ1) is 13.0. The molecule has 5 heteroatoms. The van der Waals surface area contributed by atoms with E-state index in [1.807, 2.05) is 31.2 Å². The maximum atomic E-state index is 12.5. The molecule has 2 amide bonds. The Morgan fingerprint density at radius 2 is 2.15 bits per heavy atom. The number of rotatable bonds is 3. The van der Waals surface area contributed by atoms with Crippen molar-refractivity contribution in [1.82, 2.24) is 10.2 Å². The van der Waals surface area contributed by atoms with Crippen molar-refractivity contribution in [3.63, 3.8) is 0 Å². The van der Waals surface area contributed by atoms with Gasteiger partial charge in [-0.05, 0) is 12.5 Å². The molecule has 0 aromatic heterocycles. The van der Waals surface area contributed by atoms with Crippen molar-refractivity contribution in [2.24, 2.45) is 0 Å². The average Bonchev–Trinajstić information content (AvgIpc) is 2.86. The van der Waals surface area contributed by atoms with Crippen molar-refractivity contribution >= 4 is 11.8 Å². The second kappa shape index (κ2) is 5.15. The molecule has 1 aromatic rings. The molecule has 2 aliphatic heterocycles. The van der Waals surface area contributed by atoms with Crippen LogP contribution in [0.25, 0.3) is 0 Å². The summed E-state index contributed by atoms with van der Waals surface area (Å²) in [5, 5.41) is 2.77. The van der Waals surface area contributed by atoms with Gasteiger partial charge in [0, 0.05) is 5.56 Å². The topological polar surface area (TPSA) is 58.6 Å². The zero-order valence-electron chi connectivity index (χ0n) is 11.5. The van der Waals surface area contributed by atoms with Crippen LogP contribution in [0, 0.1) is 0 Å². The molecule has 0 saturated carbocycles. The van der Waals surface area contributed by atoms with Gasteiger partial charge in [0.05, 0.1) is 6.04 Å². The predicted molar refractivity (Wildman–Crippen MR) is 73.2 cm³/mol. The highest BCUT2D eigenvalue weighted by atomic mass is 16.5. The van der Waals surface area contributed by atoms with E-state index in [2.05, 4.69) is 5.32 Å². The molecule has 1 saturated heterocycles. The van der Waals surface area contributed by atoms with Crippen LogP contribution in [0.4, 0.5) is 0 Å². The molecule has 3 rings (SSSR count). The third kappa shape index (κ3) is 2.13. The highest BCUT2D eigenvalue weighted by molar-refractivity contribution is 5.95. The number of hydrogen-bond donors (Lipinski definition) is 1. The van der Waals surface area contributed by atoms with Gasteiger partial charge in [0.25, 0.3) is 0 Å². The number of piperazine rings is 1. The molecule has 0 bridgehead atoms. The van der Waals surface area contributed by atoms with Gasteiger partial charge in [-0.25, -0.2) is 0 Å². The Morgan fingerprint density at radius 3 is 2.95 bits per heavy atom. The van der Waals surface area contributed by atoms with Crippen molar-refractivity contribution in [3.05, 3.63) is 29.8 Å². The summed E-state index contributed by atoms with van der Waals surface area (Å²) in [5.74, 6) is 0.715. The summed E-state index contributed by atoms with van der Waals surface area (Å²) in [5.41, 5.74) is 0.991. The van der Waals surface area contributed by atoms with Crippen LogP contribution in [-0.4, -0.2) is 35.9 Å². The fourth-order valence-corrected chi connectivity index (χ4v) is 2.89. The Morgan fingerprint density at radius 1 is 1.35 bits per heavy atom. The predicted octanol–water partition coefficient (Wildman–Crippen LogP) is 1.25. The molecule has 2 unspecified atom stereocenters. The lowest BCUT2D eigenvalue weighted by Crippen LogP contribution is -2.58. The van der Waals surface area contributed by atoms with Crippen molar-refractivity contribution in [2.75, 3.05) is 13.2 Å². The molecule has 2 aliphatic rings. The third-order valence-electron chi connectivity index (χ3n) is 3.86. The first-order valence-corrected chi connectivity index (χ1v) is 7.02. The van der Waals surface area contributed by atoms with E-state index >= 15 is 0 Å². The van der Waals surface area contributed by atoms with Crippen molar-refractivity contribution in [3.8, 4) is 5.75 Å². The van der Waals surface area contributed by atoms with Crippen LogP contribution < -0.4 is 10.1 Å². The molecule has 0 radical (unpaired) electrons. The smallest absolute Gasteiger partial charge is 0.246 e. The highest BCUT2D eigenvalue weighted by Gasteiger charge is 2.39. The fraction of sp³-hybridized carbons (Fsp3) is 0.467. The fourth-order valence-electron chi connectivity index (χ4n) is 2.89. The number of carbonyl (C=O) groups is 2. The molecule has 2 atom stereocenters. The number of nitrogens with zero attached hydrogens (tertiary/aromatic N) is 1. The van der Waals surface area contributed by atoms with E-state index in [1.54, 1.807) is 4.90 Å². The number of nitrogens with one attached hydrogen (secondary N) is 1. The summed E-state index contributed by atoms with van der Waals surface area (Å²) in [6.07, 6.45) is 1.54. The van der Waals surface area contributed by atoms with Gasteiger partial charge in [0.2, 0.25) is 11.8 Å². The summed E-state index contributed by atoms with van der Waals surface area (Å²) in [6.45, 7) is 2.55. The normalized spacial score (nSPS) is 25.1. The molecule has 5 nitrogen and oxygen atoms in total. The van der Waals surface area contributed by atoms with E-state index in [0.717, 1.165) is 17.7 Å². The standard InChI is InChI=1S/C15H18N2O3/c1-2-5-11-15(19)17(8-14(18)16-11)12-9-20-13-7-4-3-6-10(12)13/h3-4,6-7,11-12H,2,5,8-9H2,1H3,(H,16,18). The molecule has 1 aromatic carbocycles. The van der Waals surface area contributed by atoms with Gasteiger partial charge < -0.3 is 15.0 Å². The highest BCUT2D eigenvalue weighted by Crippen LogP contribution is 2.36. The molecule has 1 N–H and O–H groups in total. The third-order valence-corrected chi connectivity index (χ3v) is 3.86. The Hall–Kier alpha value is -2.04.